The second-order valence-corrected chi connectivity index (χ2v) is 9.32. The summed E-state index contributed by atoms with van der Waals surface area (Å²) in [5, 5.41) is 0. The smallest absolute Gasteiger partial charge is 0.191 e. The van der Waals surface area contributed by atoms with E-state index in [-0.39, 0.29) is 6.10 Å². The van der Waals surface area contributed by atoms with Gasteiger partial charge < -0.3 is 9.16 Å². The van der Waals surface area contributed by atoms with Crippen molar-refractivity contribution in [2.24, 2.45) is 0 Å². The highest BCUT2D eigenvalue weighted by molar-refractivity contribution is 6.71. The Morgan fingerprint density at radius 1 is 1.16 bits per heavy atom. The Bertz CT molecular complexity index is 409. The van der Waals surface area contributed by atoms with Crippen LogP contribution in [0.15, 0.2) is 49.6 Å². The van der Waals surface area contributed by atoms with Gasteiger partial charge in [0.25, 0.3) is 0 Å². The molecular formula is C16H24O2Si. The monoisotopic (exact) mass is 276 g/mol. The van der Waals surface area contributed by atoms with E-state index in [2.05, 4.69) is 38.4 Å². The van der Waals surface area contributed by atoms with Crippen LogP contribution in [0.5, 0.6) is 5.75 Å². The van der Waals surface area contributed by atoms with Gasteiger partial charge in [0.05, 0.1) is 13.2 Å². The average molecular weight is 276 g/mol. The van der Waals surface area contributed by atoms with Crippen LogP contribution in [0.3, 0.4) is 0 Å². The lowest BCUT2D eigenvalue weighted by molar-refractivity contribution is 0.199. The molecule has 0 N–H and O–H groups in total. The number of methoxy groups -OCH3 is 1. The first-order valence-corrected chi connectivity index (χ1v) is 9.67. The Hall–Kier alpha value is -1.32. The highest BCUT2D eigenvalue weighted by atomic mass is 28.4. The van der Waals surface area contributed by atoms with Crippen molar-refractivity contribution < 1.29 is 9.16 Å². The summed E-state index contributed by atoms with van der Waals surface area (Å²) in [5.41, 5.74) is 1.17. The lowest BCUT2D eigenvalue weighted by Gasteiger charge is -2.28. The molecule has 0 fully saturated rings. The standard InChI is InChI=1S/C16H24O2Si/c1-6-8-16(18-19(4,5)13-7-2)14-9-11-15(17-3)12-10-14/h6-7,9-12,16H,1-2,8,13H2,3-5H3. The Morgan fingerprint density at radius 2 is 1.79 bits per heavy atom. The highest BCUT2D eigenvalue weighted by Gasteiger charge is 2.25. The molecule has 1 rings (SSSR count). The van der Waals surface area contributed by atoms with Gasteiger partial charge in [-0.1, -0.05) is 24.3 Å². The predicted octanol–water partition coefficient (Wildman–Crippen LogP) is 4.72. The molecule has 0 aromatic heterocycles. The summed E-state index contributed by atoms with van der Waals surface area (Å²) < 4.78 is 11.5. The van der Waals surface area contributed by atoms with Gasteiger partial charge in [0.2, 0.25) is 0 Å². The van der Waals surface area contributed by atoms with Crippen molar-refractivity contribution in [2.45, 2.75) is 31.7 Å². The third kappa shape index (κ3) is 5.05. The molecule has 0 heterocycles. The molecule has 1 aromatic rings. The highest BCUT2D eigenvalue weighted by Crippen LogP contribution is 2.28. The van der Waals surface area contributed by atoms with Crippen molar-refractivity contribution in [3.8, 4) is 5.75 Å². The van der Waals surface area contributed by atoms with Gasteiger partial charge in [-0.05, 0) is 43.3 Å². The third-order valence-corrected chi connectivity index (χ3v) is 5.16. The Balaban J connectivity index is 2.86. The zero-order chi connectivity index (χ0) is 14.3. The van der Waals surface area contributed by atoms with Crippen molar-refractivity contribution in [2.75, 3.05) is 7.11 Å². The van der Waals surface area contributed by atoms with E-state index in [1.165, 1.54) is 5.56 Å². The molecule has 0 aliphatic heterocycles. The maximum absolute atomic E-state index is 6.33. The Morgan fingerprint density at radius 3 is 2.26 bits per heavy atom. The molecule has 104 valence electrons. The summed E-state index contributed by atoms with van der Waals surface area (Å²) in [6.07, 6.45) is 4.75. The van der Waals surface area contributed by atoms with Gasteiger partial charge in [-0.15, -0.1) is 13.2 Å². The van der Waals surface area contributed by atoms with Crippen molar-refractivity contribution >= 4 is 8.32 Å². The van der Waals surface area contributed by atoms with Gasteiger partial charge in [-0.25, -0.2) is 0 Å². The van der Waals surface area contributed by atoms with Crippen LogP contribution in [-0.2, 0) is 4.43 Å². The van der Waals surface area contributed by atoms with Crippen LogP contribution in [0.4, 0.5) is 0 Å². The third-order valence-electron chi connectivity index (χ3n) is 2.97. The minimum atomic E-state index is -1.71. The van der Waals surface area contributed by atoms with Gasteiger partial charge in [0, 0.05) is 0 Å². The molecule has 1 atom stereocenters. The molecule has 0 radical (unpaired) electrons. The summed E-state index contributed by atoms with van der Waals surface area (Å²) in [6.45, 7) is 12.1. The molecule has 0 aliphatic carbocycles. The number of ether oxygens (including phenoxy) is 1. The first-order valence-electron chi connectivity index (χ1n) is 6.56. The maximum Gasteiger partial charge on any atom is 0.191 e. The van der Waals surface area contributed by atoms with Crippen LogP contribution < -0.4 is 4.74 Å². The minimum absolute atomic E-state index is 0.0741. The van der Waals surface area contributed by atoms with E-state index in [4.69, 9.17) is 9.16 Å². The van der Waals surface area contributed by atoms with Crippen LogP contribution >= 0.6 is 0 Å². The van der Waals surface area contributed by atoms with Gasteiger partial charge >= 0.3 is 0 Å². The fourth-order valence-corrected chi connectivity index (χ4v) is 3.80. The maximum atomic E-state index is 6.33. The van der Waals surface area contributed by atoms with E-state index < -0.39 is 8.32 Å². The molecule has 19 heavy (non-hydrogen) atoms. The predicted molar refractivity (Wildman–Crippen MR) is 84.1 cm³/mol. The van der Waals surface area contributed by atoms with Crippen molar-refractivity contribution in [3.63, 3.8) is 0 Å². The topological polar surface area (TPSA) is 18.5 Å². The average Bonchev–Trinajstić information content (AvgIpc) is 2.38. The lowest BCUT2D eigenvalue weighted by atomic mass is 10.1. The molecule has 0 saturated carbocycles. The fourth-order valence-electron chi connectivity index (χ4n) is 2.00. The van der Waals surface area contributed by atoms with E-state index in [1.807, 2.05) is 24.3 Å². The van der Waals surface area contributed by atoms with Gasteiger partial charge in [-0.2, -0.15) is 0 Å². The summed E-state index contributed by atoms with van der Waals surface area (Å²) >= 11 is 0. The normalized spacial score (nSPS) is 12.8. The van der Waals surface area contributed by atoms with Gasteiger partial charge in [0.15, 0.2) is 8.32 Å². The van der Waals surface area contributed by atoms with E-state index in [9.17, 15) is 0 Å². The largest absolute Gasteiger partial charge is 0.497 e. The first kappa shape index (κ1) is 15.7. The molecular weight excluding hydrogens is 252 g/mol. The van der Waals surface area contributed by atoms with Gasteiger partial charge in [-0.3, -0.25) is 0 Å². The first-order chi connectivity index (χ1) is 9.02. The number of hydrogen-bond donors (Lipinski definition) is 0. The van der Waals surface area contributed by atoms with E-state index >= 15 is 0 Å². The minimum Gasteiger partial charge on any atom is -0.497 e. The SMILES string of the molecule is C=CCC(O[Si](C)(C)CC=C)c1ccc(OC)cc1. The zero-order valence-corrected chi connectivity index (χ0v) is 13.2. The fraction of sp³-hybridized carbons (Fsp3) is 0.375. The molecule has 0 spiro atoms. The van der Waals surface area contributed by atoms with E-state index in [0.717, 1.165) is 18.2 Å². The van der Waals surface area contributed by atoms with Crippen LogP contribution in [0.2, 0.25) is 19.1 Å². The van der Waals surface area contributed by atoms with Gasteiger partial charge in [0.1, 0.15) is 5.75 Å². The molecule has 3 heteroatoms. The second kappa shape index (κ2) is 7.31. The second-order valence-electron chi connectivity index (χ2n) is 5.16. The summed E-state index contributed by atoms with van der Waals surface area (Å²) in [4.78, 5) is 0. The molecule has 1 unspecified atom stereocenters. The van der Waals surface area contributed by atoms with Crippen LogP contribution in [-0.4, -0.2) is 15.4 Å². The number of rotatable bonds is 8. The summed E-state index contributed by atoms with van der Waals surface area (Å²) in [5.74, 6) is 0.865. The van der Waals surface area contributed by atoms with Crippen molar-refractivity contribution in [1.29, 1.82) is 0 Å². The summed E-state index contributed by atoms with van der Waals surface area (Å²) in [7, 11) is -0.0320. The molecule has 0 saturated heterocycles. The molecule has 0 amide bonds. The molecule has 0 aliphatic rings. The number of benzene rings is 1. The molecule has 1 aromatic carbocycles. The van der Waals surface area contributed by atoms with Crippen molar-refractivity contribution in [1.82, 2.24) is 0 Å². The number of allylic oxidation sites excluding steroid dienone is 1. The van der Waals surface area contributed by atoms with E-state index in [0.29, 0.717) is 0 Å². The van der Waals surface area contributed by atoms with Crippen molar-refractivity contribution in [3.05, 3.63) is 55.1 Å². The quantitative estimate of drug-likeness (QED) is 0.505. The Kier molecular flexibility index (Phi) is 6.05. The summed E-state index contributed by atoms with van der Waals surface area (Å²) in [6, 6.07) is 9.02. The van der Waals surface area contributed by atoms with Crippen LogP contribution in [0.1, 0.15) is 18.1 Å². The lowest BCUT2D eigenvalue weighted by Crippen LogP contribution is -2.31. The van der Waals surface area contributed by atoms with Crippen LogP contribution in [0.25, 0.3) is 0 Å². The molecule has 0 bridgehead atoms. The zero-order valence-electron chi connectivity index (χ0n) is 12.2. The number of hydrogen-bond acceptors (Lipinski definition) is 2. The Labute approximate surface area is 117 Å². The van der Waals surface area contributed by atoms with Crippen LogP contribution in [0, 0.1) is 0 Å². The molecule has 2 nitrogen and oxygen atoms in total. The van der Waals surface area contributed by atoms with E-state index in [1.54, 1.807) is 7.11 Å².